The molecule has 1 heterocycles. The summed E-state index contributed by atoms with van der Waals surface area (Å²) < 4.78 is 52.6. The van der Waals surface area contributed by atoms with Gasteiger partial charge in [0, 0.05) is 6.54 Å². The minimum Gasteiger partial charge on any atom is -0.280 e. The van der Waals surface area contributed by atoms with E-state index in [0.29, 0.717) is 18.7 Å². The fourth-order valence-electron chi connectivity index (χ4n) is 2.53. The van der Waals surface area contributed by atoms with Gasteiger partial charge in [0.2, 0.25) is 10.0 Å². The van der Waals surface area contributed by atoms with Crippen molar-refractivity contribution >= 4 is 43.0 Å². The predicted octanol–water partition coefficient (Wildman–Crippen LogP) is 2.68. The van der Waals surface area contributed by atoms with Gasteiger partial charge in [0.25, 0.3) is 10.0 Å². The molecular weight excluding hydrogens is 372 g/mol. The molecule has 3 rings (SSSR count). The molecule has 1 fully saturated rings. The summed E-state index contributed by atoms with van der Waals surface area (Å²) in [4.78, 5) is -0.0362. The molecule has 24 heavy (non-hydrogen) atoms. The van der Waals surface area contributed by atoms with Crippen LogP contribution in [0, 0.1) is 0 Å². The van der Waals surface area contributed by atoms with Crippen LogP contribution >= 0.6 is 11.6 Å². The van der Waals surface area contributed by atoms with Gasteiger partial charge in [-0.1, -0.05) is 29.8 Å². The molecule has 1 N–H and O–H groups in total. The molecule has 0 unspecified atom stereocenters. The van der Waals surface area contributed by atoms with Crippen molar-refractivity contribution in [3.63, 3.8) is 0 Å². The smallest absolute Gasteiger partial charge is 0.263 e. The van der Waals surface area contributed by atoms with Gasteiger partial charge in [-0.25, -0.2) is 16.8 Å². The maximum absolute atomic E-state index is 12.5. The number of benzene rings is 2. The first-order valence-corrected chi connectivity index (χ1v) is 10.6. The lowest BCUT2D eigenvalue weighted by Gasteiger charge is -2.18. The Morgan fingerprint density at radius 3 is 2.50 bits per heavy atom. The van der Waals surface area contributed by atoms with Crippen molar-refractivity contribution in [1.29, 1.82) is 0 Å². The third-order valence-corrected chi connectivity index (χ3v) is 7.36. The van der Waals surface area contributed by atoms with Gasteiger partial charge in [0.05, 0.1) is 22.2 Å². The molecule has 0 atom stereocenters. The fraction of sp³-hybridized carbons (Fsp3) is 0.200. The Hall–Kier alpha value is -1.77. The highest BCUT2D eigenvalue weighted by Gasteiger charge is 2.28. The van der Waals surface area contributed by atoms with Crippen LogP contribution in [0.5, 0.6) is 0 Å². The summed E-state index contributed by atoms with van der Waals surface area (Å²) in [6, 6.07) is 12.4. The lowest BCUT2D eigenvalue weighted by atomic mass is 10.3. The van der Waals surface area contributed by atoms with Crippen LogP contribution in [0.25, 0.3) is 0 Å². The van der Waals surface area contributed by atoms with Crippen LogP contribution in [0.3, 0.4) is 0 Å². The maximum atomic E-state index is 12.5. The summed E-state index contributed by atoms with van der Waals surface area (Å²) in [5, 5.41) is 0.114. The first-order chi connectivity index (χ1) is 11.3. The molecule has 2 aromatic carbocycles. The van der Waals surface area contributed by atoms with E-state index >= 15 is 0 Å². The summed E-state index contributed by atoms with van der Waals surface area (Å²) in [6.45, 7) is 0.392. The lowest BCUT2D eigenvalue weighted by Crippen LogP contribution is -2.25. The zero-order valence-corrected chi connectivity index (χ0v) is 14.9. The van der Waals surface area contributed by atoms with Crippen molar-refractivity contribution in [3.05, 3.63) is 53.6 Å². The molecule has 9 heteroatoms. The third-order valence-electron chi connectivity index (χ3n) is 3.61. The standard InChI is InChI=1S/C15H15ClN2O4S2/c16-14-7-1-2-8-15(14)24(21,22)17-12-5-3-6-13(11-12)18-9-4-10-23(18,19)20/h1-3,5-8,11,17H,4,9-10H2. The summed E-state index contributed by atoms with van der Waals surface area (Å²) >= 11 is 5.94. The van der Waals surface area contributed by atoms with E-state index < -0.39 is 20.0 Å². The Labute approximate surface area is 146 Å². The maximum Gasteiger partial charge on any atom is 0.263 e. The van der Waals surface area contributed by atoms with E-state index in [4.69, 9.17) is 11.6 Å². The van der Waals surface area contributed by atoms with Crippen molar-refractivity contribution < 1.29 is 16.8 Å². The van der Waals surface area contributed by atoms with Crippen LogP contribution in [0.15, 0.2) is 53.4 Å². The minimum atomic E-state index is -3.86. The average molecular weight is 387 g/mol. The zero-order valence-electron chi connectivity index (χ0n) is 12.5. The normalized spacial score (nSPS) is 17.0. The van der Waals surface area contributed by atoms with E-state index in [1.54, 1.807) is 30.3 Å². The molecule has 0 saturated carbocycles. The van der Waals surface area contributed by atoms with Gasteiger partial charge in [-0.15, -0.1) is 0 Å². The van der Waals surface area contributed by atoms with Gasteiger partial charge >= 0.3 is 0 Å². The molecule has 0 spiro atoms. The number of halogens is 1. The molecule has 6 nitrogen and oxygen atoms in total. The second-order valence-corrected chi connectivity index (χ2v) is 9.40. The average Bonchev–Trinajstić information content (AvgIpc) is 2.86. The molecular formula is C15H15ClN2O4S2. The molecule has 1 saturated heterocycles. The van der Waals surface area contributed by atoms with Crippen LogP contribution in [0.1, 0.15) is 6.42 Å². The lowest BCUT2D eigenvalue weighted by molar-refractivity contribution is 0.598. The molecule has 0 aromatic heterocycles. The van der Waals surface area contributed by atoms with E-state index in [0.717, 1.165) is 0 Å². The fourth-order valence-corrected chi connectivity index (χ4v) is 5.65. The van der Waals surface area contributed by atoms with Gasteiger partial charge in [0.1, 0.15) is 4.90 Å². The van der Waals surface area contributed by atoms with E-state index in [-0.39, 0.29) is 21.4 Å². The number of sulfonamides is 2. The number of hydrogen-bond donors (Lipinski definition) is 1. The van der Waals surface area contributed by atoms with Crippen LogP contribution in [0.4, 0.5) is 11.4 Å². The molecule has 0 radical (unpaired) electrons. The Balaban J connectivity index is 1.92. The molecule has 2 aromatic rings. The Bertz CT molecular complexity index is 974. The topological polar surface area (TPSA) is 83.6 Å². The number of nitrogens with one attached hydrogen (secondary N) is 1. The molecule has 1 aliphatic rings. The van der Waals surface area contributed by atoms with Gasteiger partial charge in [0.15, 0.2) is 0 Å². The first kappa shape index (κ1) is 17.1. The second-order valence-electron chi connectivity index (χ2n) is 5.33. The van der Waals surface area contributed by atoms with Crippen molar-refractivity contribution in [2.45, 2.75) is 11.3 Å². The Morgan fingerprint density at radius 1 is 1.08 bits per heavy atom. The largest absolute Gasteiger partial charge is 0.280 e. The highest BCUT2D eigenvalue weighted by Crippen LogP contribution is 2.28. The summed E-state index contributed by atoms with van der Waals surface area (Å²) in [5.41, 5.74) is 0.710. The van der Waals surface area contributed by atoms with Crippen molar-refractivity contribution in [2.75, 3.05) is 21.3 Å². The number of nitrogens with zero attached hydrogens (tertiary/aromatic N) is 1. The van der Waals surface area contributed by atoms with E-state index in [1.165, 1.54) is 22.5 Å². The van der Waals surface area contributed by atoms with E-state index in [9.17, 15) is 16.8 Å². The van der Waals surface area contributed by atoms with Crippen LogP contribution in [0.2, 0.25) is 5.02 Å². The van der Waals surface area contributed by atoms with Crippen LogP contribution < -0.4 is 9.03 Å². The third kappa shape index (κ3) is 3.35. The van der Waals surface area contributed by atoms with Gasteiger partial charge in [-0.3, -0.25) is 9.03 Å². The summed E-state index contributed by atoms with van der Waals surface area (Å²) in [5.74, 6) is 0.0998. The highest BCUT2D eigenvalue weighted by molar-refractivity contribution is 7.93. The first-order valence-electron chi connectivity index (χ1n) is 7.17. The summed E-state index contributed by atoms with van der Waals surface area (Å²) in [6.07, 6.45) is 0.553. The molecule has 1 aliphatic heterocycles. The molecule has 0 amide bonds. The van der Waals surface area contributed by atoms with Crippen molar-refractivity contribution in [3.8, 4) is 0 Å². The van der Waals surface area contributed by atoms with Crippen molar-refractivity contribution in [1.82, 2.24) is 0 Å². The molecule has 0 bridgehead atoms. The number of anilines is 2. The monoisotopic (exact) mass is 386 g/mol. The molecule has 128 valence electrons. The van der Waals surface area contributed by atoms with E-state index in [2.05, 4.69) is 4.72 Å². The minimum absolute atomic E-state index is 0.0362. The Morgan fingerprint density at radius 2 is 1.83 bits per heavy atom. The van der Waals surface area contributed by atoms with Crippen molar-refractivity contribution in [2.24, 2.45) is 0 Å². The predicted molar refractivity (Wildman–Crippen MR) is 94.5 cm³/mol. The van der Waals surface area contributed by atoms with Crippen LogP contribution in [-0.2, 0) is 20.0 Å². The SMILES string of the molecule is O=S(=O)(Nc1cccc(N2CCCS2(=O)=O)c1)c1ccccc1Cl. The second kappa shape index (κ2) is 6.27. The summed E-state index contributed by atoms with van der Waals surface area (Å²) in [7, 11) is -7.19. The van der Waals surface area contributed by atoms with Crippen LogP contribution in [-0.4, -0.2) is 29.1 Å². The van der Waals surface area contributed by atoms with Gasteiger partial charge in [-0.2, -0.15) is 0 Å². The Kier molecular flexibility index (Phi) is 4.46. The number of hydrogen-bond acceptors (Lipinski definition) is 4. The highest BCUT2D eigenvalue weighted by atomic mass is 35.5. The molecule has 0 aliphatic carbocycles. The zero-order chi connectivity index (χ0) is 17.4. The quantitative estimate of drug-likeness (QED) is 0.875. The van der Waals surface area contributed by atoms with E-state index in [1.807, 2.05) is 0 Å². The van der Waals surface area contributed by atoms with Gasteiger partial charge in [-0.05, 0) is 36.8 Å². The number of rotatable bonds is 4. The van der Waals surface area contributed by atoms with Gasteiger partial charge < -0.3 is 0 Å².